The summed E-state index contributed by atoms with van der Waals surface area (Å²) in [4.78, 5) is 8.60. The Morgan fingerprint density at radius 2 is 1.88 bits per heavy atom. The predicted molar refractivity (Wildman–Crippen MR) is 66.1 cm³/mol. The van der Waals surface area contributed by atoms with E-state index in [4.69, 9.17) is 10.00 Å². The number of nitrogens with one attached hydrogen (secondary N) is 1. The number of anilines is 1. The van der Waals surface area contributed by atoms with Crippen LogP contribution in [0, 0.1) is 11.3 Å². The lowest BCUT2D eigenvalue weighted by atomic mass is 10.2. The van der Waals surface area contributed by atoms with Gasteiger partial charge in [-0.3, -0.25) is 0 Å². The quantitative estimate of drug-likeness (QED) is 0.865. The third kappa shape index (κ3) is 3.06. The van der Waals surface area contributed by atoms with Crippen molar-refractivity contribution in [3.05, 3.63) is 11.4 Å². The zero-order chi connectivity index (χ0) is 13.0. The highest BCUT2D eigenvalue weighted by molar-refractivity contribution is 5.57. The molecule has 0 atom stereocenters. The maximum atomic E-state index is 9.12. The molecule has 0 aliphatic rings. The molecule has 0 amide bonds. The van der Waals surface area contributed by atoms with Crippen LogP contribution in [0.4, 0.5) is 5.82 Å². The van der Waals surface area contributed by atoms with E-state index in [2.05, 4.69) is 21.4 Å². The number of hydrogen-bond donors (Lipinski definition) is 1. The number of ether oxygens (including phenoxy) is 1. The van der Waals surface area contributed by atoms with E-state index < -0.39 is 0 Å². The fourth-order valence-corrected chi connectivity index (χ4v) is 1.34. The standard InChI is InChI=1S/C12H18N4O/c1-7(2)10-15-11(14-8(3)4)9(6-13)12(16-10)17-5/h7-8H,1-5H3,(H,14,15,16). The van der Waals surface area contributed by atoms with E-state index in [0.29, 0.717) is 23.1 Å². The maximum Gasteiger partial charge on any atom is 0.237 e. The van der Waals surface area contributed by atoms with Gasteiger partial charge < -0.3 is 10.1 Å². The van der Waals surface area contributed by atoms with Crippen molar-refractivity contribution < 1.29 is 4.74 Å². The lowest BCUT2D eigenvalue weighted by Gasteiger charge is -2.14. The second-order valence-electron chi connectivity index (χ2n) is 4.38. The second kappa shape index (κ2) is 5.48. The summed E-state index contributed by atoms with van der Waals surface area (Å²) < 4.78 is 5.14. The minimum Gasteiger partial charge on any atom is -0.480 e. The van der Waals surface area contributed by atoms with Crippen molar-refractivity contribution in [1.29, 1.82) is 5.26 Å². The Morgan fingerprint density at radius 3 is 2.29 bits per heavy atom. The van der Waals surface area contributed by atoms with Crippen LogP contribution in [0.3, 0.4) is 0 Å². The molecule has 5 nitrogen and oxygen atoms in total. The van der Waals surface area contributed by atoms with Crippen molar-refractivity contribution >= 4 is 5.82 Å². The summed E-state index contributed by atoms with van der Waals surface area (Å²) in [6.45, 7) is 7.98. The van der Waals surface area contributed by atoms with Crippen LogP contribution in [0.15, 0.2) is 0 Å². The number of rotatable bonds is 4. The molecule has 1 heterocycles. The molecular formula is C12H18N4O. The largest absolute Gasteiger partial charge is 0.480 e. The summed E-state index contributed by atoms with van der Waals surface area (Å²) >= 11 is 0. The number of nitriles is 1. The van der Waals surface area contributed by atoms with Crippen LogP contribution in [0.25, 0.3) is 0 Å². The number of hydrogen-bond acceptors (Lipinski definition) is 5. The molecule has 1 rings (SSSR count). The minimum atomic E-state index is 0.185. The Hall–Kier alpha value is -1.83. The first-order chi connectivity index (χ1) is 7.99. The molecule has 0 aliphatic heterocycles. The molecule has 1 aromatic rings. The summed E-state index contributed by atoms with van der Waals surface area (Å²) in [6.07, 6.45) is 0. The van der Waals surface area contributed by atoms with Gasteiger partial charge in [0.2, 0.25) is 5.88 Å². The van der Waals surface area contributed by atoms with Crippen molar-refractivity contribution in [2.24, 2.45) is 0 Å². The van der Waals surface area contributed by atoms with Crippen LogP contribution in [0.2, 0.25) is 0 Å². The molecule has 92 valence electrons. The average Bonchev–Trinajstić information content (AvgIpc) is 2.26. The lowest BCUT2D eigenvalue weighted by Crippen LogP contribution is -2.15. The van der Waals surface area contributed by atoms with Gasteiger partial charge >= 0.3 is 0 Å². The van der Waals surface area contributed by atoms with Crippen molar-refractivity contribution in [2.75, 3.05) is 12.4 Å². The van der Waals surface area contributed by atoms with Gasteiger partial charge in [0.15, 0.2) is 11.4 Å². The summed E-state index contributed by atoms with van der Waals surface area (Å²) in [5, 5.41) is 12.3. The molecule has 1 aromatic heterocycles. The Bertz CT molecular complexity index is 435. The first-order valence-electron chi connectivity index (χ1n) is 5.62. The van der Waals surface area contributed by atoms with E-state index in [1.165, 1.54) is 7.11 Å². The molecular weight excluding hydrogens is 216 g/mol. The Balaban J connectivity index is 3.33. The van der Waals surface area contributed by atoms with Crippen LogP contribution in [-0.4, -0.2) is 23.1 Å². The van der Waals surface area contributed by atoms with Gasteiger partial charge in [-0.2, -0.15) is 10.2 Å². The molecule has 0 aromatic carbocycles. The van der Waals surface area contributed by atoms with Crippen molar-refractivity contribution in [2.45, 2.75) is 39.7 Å². The summed E-state index contributed by atoms with van der Waals surface area (Å²) in [5.74, 6) is 1.72. The second-order valence-corrected chi connectivity index (χ2v) is 4.38. The van der Waals surface area contributed by atoms with Crippen LogP contribution in [-0.2, 0) is 0 Å². The van der Waals surface area contributed by atoms with Crippen LogP contribution >= 0.6 is 0 Å². The van der Waals surface area contributed by atoms with E-state index in [1.807, 2.05) is 27.7 Å². The van der Waals surface area contributed by atoms with E-state index >= 15 is 0 Å². The Morgan fingerprint density at radius 1 is 1.24 bits per heavy atom. The van der Waals surface area contributed by atoms with Crippen LogP contribution in [0.1, 0.15) is 45.0 Å². The molecule has 0 aliphatic carbocycles. The molecule has 17 heavy (non-hydrogen) atoms. The molecule has 0 bridgehead atoms. The number of nitrogens with zero attached hydrogens (tertiary/aromatic N) is 3. The summed E-state index contributed by atoms with van der Waals surface area (Å²) in [5.41, 5.74) is 0.352. The molecule has 0 spiro atoms. The molecule has 5 heteroatoms. The van der Waals surface area contributed by atoms with Gasteiger partial charge in [-0.15, -0.1) is 0 Å². The van der Waals surface area contributed by atoms with Gasteiger partial charge in [-0.05, 0) is 13.8 Å². The fourth-order valence-electron chi connectivity index (χ4n) is 1.34. The monoisotopic (exact) mass is 234 g/mol. The van der Waals surface area contributed by atoms with E-state index in [9.17, 15) is 0 Å². The average molecular weight is 234 g/mol. The minimum absolute atomic E-state index is 0.185. The maximum absolute atomic E-state index is 9.12. The van der Waals surface area contributed by atoms with Gasteiger partial charge in [0, 0.05) is 12.0 Å². The highest BCUT2D eigenvalue weighted by Crippen LogP contribution is 2.25. The predicted octanol–water partition coefficient (Wildman–Crippen LogP) is 2.30. The molecule has 0 radical (unpaired) electrons. The van der Waals surface area contributed by atoms with E-state index in [0.717, 1.165) is 0 Å². The molecule has 0 saturated heterocycles. The highest BCUT2D eigenvalue weighted by Gasteiger charge is 2.16. The van der Waals surface area contributed by atoms with E-state index in [-0.39, 0.29) is 12.0 Å². The normalized spacial score (nSPS) is 10.5. The first-order valence-corrected chi connectivity index (χ1v) is 5.62. The van der Waals surface area contributed by atoms with Crippen molar-refractivity contribution in [1.82, 2.24) is 9.97 Å². The van der Waals surface area contributed by atoms with Crippen molar-refractivity contribution in [3.8, 4) is 11.9 Å². The van der Waals surface area contributed by atoms with Crippen LogP contribution < -0.4 is 10.1 Å². The van der Waals surface area contributed by atoms with E-state index in [1.54, 1.807) is 0 Å². The number of aromatic nitrogens is 2. The highest BCUT2D eigenvalue weighted by atomic mass is 16.5. The zero-order valence-electron chi connectivity index (χ0n) is 10.9. The summed E-state index contributed by atoms with van der Waals surface area (Å²) in [7, 11) is 1.51. The lowest BCUT2D eigenvalue weighted by molar-refractivity contribution is 0.392. The smallest absolute Gasteiger partial charge is 0.237 e. The molecule has 1 N–H and O–H groups in total. The van der Waals surface area contributed by atoms with Crippen LogP contribution in [0.5, 0.6) is 5.88 Å². The molecule has 0 fully saturated rings. The van der Waals surface area contributed by atoms with Gasteiger partial charge in [0.05, 0.1) is 7.11 Å². The third-order valence-corrected chi connectivity index (χ3v) is 2.14. The topological polar surface area (TPSA) is 70.8 Å². The van der Waals surface area contributed by atoms with Gasteiger partial charge in [-0.1, -0.05) is 13.8 Å². The zero-order valence-corrected chi connectivity index (χ0v) is 10.9. The number of methoxy groups -OCH3 is 1. The fraction of sp³-hybridized carbons (Fsp3) is 0.583. The molecule has 0 saturated carbocycles. The molecule has 0 unspecified atom stereocenters. The van der Waals surface area contributed by atoms with Gasteiger partial charge in [-0.25, -0.2) is 4.98 Å². The first kappa shape index (κ1) is 13.2. The van der Waals surface area contributed by atoms with Crippen molar-refractivity contribution in [3.63, 3.8) is 0 Å². The third-order valence-electron chi connectivity index (χ3n) is 2.14. The van der Waals surface area contributed by atoms with Gasteiger partial charge in [0.1, 0.15) is 11.9 Å². The Labute approximate surface area is 102 Å². The van der Waals surface area contributed by atoms with Gasteiger partial charge in [0.25, 0.3) is 0 Å². The Kier molecular flexibility index (Phi) is 4.27. The SMILES string of the molecule is COc1nc(C(C)C)nc(NC(C)C)c1C#N. The summed E-state index contributed by atoms with van der Waals surface area (Å²) in [6, 6.07) is 2.27.